The lowest BCUT2D eigenvalue weighted by molar-refractivity contribution is -0.120. The molecule has 0 saturated carbocycles. The largest absolute Gasteiger partial charge is 0.309 e. The number of hydrogen-bond donors (Lipinski definition) is 1. The normalized spacial score (nSPS) is 21.5. The average Bonchev–Trinajstić information content (AvgIpc) is 2.28. The molecule has 1 aromatic carbocycles. The van der Waals surface area contributed by atoms with E-state index < -0.39 is 9.84 Å². The first-order valence-electron chi connectivity index (χ1n) is 5.52. The van der Waals surface area contributed by atoms with Crippen LogP contribution < -0.4 is 5.32 Å². The molecule has 17 heavy (non-hydrogen) atoms. The number of nitrogens with one attached hydrogen (secondary N) is 1. The van der Waals surface area contributed by atoms with Gasteiger partial charge < -0.3 is 5.32 Å². The van der Waals surface area contributed by atoms with Crippen molar-refractivity contribution >= 4 is 15.6 Å². The lowest BCUT2D eigenvalue weighted by Gasteiger charge is -2.24. The van der Waals surface area contributed by atoms with Gasteiger partial charge in [0.15, 0.2) is 9.84 Å². The van der Waals surface area contributed by atoms with Gasteiger partial charge in [-0.1, -0.05) is 18.2 Å². The van der Waals surface area contributed by atoms with Crippen LogP contribution in [-0.4, -0.2) is 27.0 Å². The van der Waals surface area contributed by atoms with Gasteiger partial charge in [-0.15, -0.1) is 0 Å². The van der Waals surface area contributed by atoms with Crippen molar-refractivity contribution in [1.82, 2.24) is 5.32 Å². The van der Waals surface area contributed by atoms with Crippen LogP contribution in [0.3, 0.4) is 0 Å². The molecule has 0 spiro atoms. The molecule has 92 valence electrons. The van der Waals surface area contributed by atoms with Gasteiger partial charge in [-0.05, 0) is 11.6 Å². The van der Waals surface area contributed by atoms with Crippen LogP contribution >= 0.6 is 0 Å². The summed E-state index contributed by atoms with van der Waals surface area (Å²) < 4.78 is 23.3. The molecule has 1 unspecified atom stereocenters. The molecule has 1 N–H and O–H groups in total. The van der Waals surface area contributed by atoms with E-state index in [9.17, 15) is 13.2 Å². The lowest BCUT2D eigenvalue weighted by Crippen LogP contribution is -2.32. The third-order valence-electron chi connectivity index (χ3n) is 2.92. The van der Waals surface area contributed by atoms with Crippen molar-refractivity contribution in [3.05, 3.63) is 29.8 Å². The molecule has 0 bridgehead atoms. The third-order valence-corrected chi connectivity index (χ3v) is 4.09. The standard InChI is InChI=1S/C12H15NO3S/c1-17(15,16)12-5-3-2-4-10(12)11-8-9(14)6-7-13-11/h2-5,11,13H,6-8H2,1H3. The molecule has 0 amide bonds. The van der Waals surface area contributed by atoms with Gasteiger partial charge in [-0.2, -0.15) is 0 Å². The molecule has 0 radical (unpaired) electrons. The fourth-order valence-corrected chi connectivity index (χ4v) is 3.08. The molecule has 0 aliphatic carbocycles. The molecule has 1 saturated heterocycles. The summed E-state index contributed by atoms with van der Waals surface area (Å²) in [6, 6.07) is 6.68. The molecule has 1 aliphatic rings. The van der Waals surface area contributed by atoms with Crippen LogP contribution in [0.15, 0.2) is 29.2 Å². The smallest absolute Gasteiger partial charge is 0.175 e. The Morgan fingerprint density at radius 1 is 1.29 bits per heavy atom. The number of benzene rings is 1. The van der Waals surface area contributed by atoms with Gasteiger partial charge in [0.25, 0.3) is 0 Å². The van der Waals surface area contributed by atoms with Crippen LogP contribution in [0.5, 0.6) is 0 Å². The number of hydrogen-bond acceptors (Lipinski definition) is 4. The zero-order chi connectivity index (χ0) is 12.5. The van der Waals surface area contributed by atoms with Crippen molar-refractivity contribution < 1.29 is 13.2 Å². The van der Waals surface area contributed by atoms with Crippen LogP contribution in [0.4, 0.5) is 0 Å². The predicted molar refractivity (Wildman–Crippen MR) is 64.5 cm³/mol. The maximum atomic E-state index is 11.7. The van der Waals surface area contributed by atoms with Crippen molar-refractivity contribution in [2.24, 2.45) is 0 Å². The second kappa shape index (κ2) is 4.58. The summed E-state index contributed by atoms with van der Waals surface area (Å²) in [7, 11) is -3.25. The summed E-state index contributed by atoms with van der Waals surface area (Å²) in [5.74, 6) is 0.178. The highest BCUT2D eigenvalue weighted by Crippen LogP contribution is 2.27. The maximum Gasteiger partial charge on any atom is 0.175 e. The van der Waals surface area contributed by atoms with E-state index >= 15 is 0 Å². The van der Waals surface area contributed by atoms with Gasteiger partial charge in [-0.3, -0.25) is 4.79 Å². The molecule has 1 heterocycles. The van der Waals surface area contributed by atoms with E-state index in [4.69, 9.17) is 0 Å². The molecule has 1 aliphatic heterocycles. The Bertz CT molecular complexity index is 536. The van der Waals surface area contributed by atoms with Crippen LogP contribution in [-0.2, 0) is 14.6 Å². The minimum Gasteiger partial charge on any atom is -0.309 e. The van der Waals surface area contributed by atoms with E-state index in [1.165, 1.54) is 6.26 Å². The molecular weight excluding hydrogens is 238 g/mol. The van der Waals surface area contributed by atoms with E-state index in [0.717, 1.165) is 0 Å². The second-order valence-electron chi connectivity index (χ2n) is 4.31. The molecular formula is C12H15NO3S. The first-order chi connectivity index (χ1) is 7.98. The topological polar surface area (TPSA) is 63.2 Å². The summed E-state index contributed by atoms with van der Waals surface area (Å²) in [4.78, 5) is 11.7. The Kier molecular flexibility index (Phi) is 3.31. The van der Waals surface area contributed by atoms with Gasteiger partial charge in [0.1, 0.15) is 5.78 Å². The molecule has 5 heteroatoms. The number of piperidine rings is 1. The van der Waals surface area contributed by atoms with E-state index in [-0.39, 0.29) is 11.8 Å². The van der Waals surface area contributed by atoms with E-state index in [0.29, 0.717) is 29.8 Å². The molecule has 1 aromatic rings. The summed E-state index contributed by atoms with van der Waals surface area (Å²) in [5, 5.41) is 3.19. The Labute approximate surface area is 101 Å². The van der Waals surface area contributed by atoms with Crippen molar-refractivity contribution in [3.63, 3.8) is 0 Å². The SMILES string of the molecule is CS(=O)(=O)c1ccccc1C1CC(=O)CCN1. The molecule has 1 atom stereocenters. The molecule has 4 nitrogen and oxygen atoms in total. The van der Waals surface area contributed by atoms with Gasteiger partial charge in [-0.25, -0.2) is 8.42 Å². The Morgan fingerprint density at radius 3 is 2.65 bits per heavy atom. The molecule has 1 fully saturated rings. The predicted octanol–water partition coefficient (Wildman–Crippen LogP) is 1.08. The highest BCUT2D eigenvalue weighted by molar-refractivity contribution is 7.90. The van der Waals surface area contributed by atoms with Crippen molar-refractivity contribution in [1.29, 1.82) is 0 Å². The Hall–Kier alpha value is -1.20. The van der Waals surface area contributed by atoms with Crippen LogP contribution in [0.25, 0.3) is 0 Å². The highest BCUT2D eigenvalue weighted by Gasteiger charge is 2.24. The summed E-state index contributed by atoms with van der Waals surface area (Å²) in [6.07, 6.45) is 2.08. The quantitative estimate of drug-likeness (QED) is 0.856. The number of carbonyl (C=O) groups excluding carboxylic acids is 1. The van der Waals surface area contributed by atoms with Gasteiger partial charge in [0.05, 0.1) is 4.90 Å². The molecule has 2 rings (SSSR count). The number of Topliss-reactive ketones (excluding diaryl/α,β-unsaturated/α-hetero) is 1. The van der Waals surface area contributed by atoms with Gasteiger partial charge in [0.2, 0.25) is 0 Å². The zero-order valence-corrected chi connectivity index (χ0v) is 10.5. The molecule has 0 aromatic heterocycles. The first kappa shape index (κ1) is 12.3. The van der Waals surface area contributed by atoms with E-state index in [1.807, 2.05) is 0 Å². The first-order valence-corrected chi connectivity index (χ1v) is 7.41. The highest BCUT2D eigenvalue weighted by atomic mass is 32.2. The summed E-state index contributed by atoms with van der Waals surface area (Å²) in [5.41, 5.74) is 0.697. The Balaban J connectivity index is 2.41. The van der Waals surface area contributed by atoms with Gasteiger partial charge in [0, 0.05) is 31.7 Å². The van der Waals surface area contributed by atoms with Crippen molar-refractivity contribution in [2.75, 3.05) is 12.8 Å². The zero-order valence-electron chi connectivity index (χ0n) is 9.64. The average molecular weight is 253 g/mol. The summed E-state index contributed by atoms with van der Waals surface area (Å²) in [6.45, 7) is 0.613. The third kappa shape index (κ3) is 2.73. The van der Waals surface area contributed by atoms with Crippen LogP contribution in [0, 0.1) is 0 Å². The number of rotatable bonds is 2. The van der Waals surface area contributed by atoms with Crippen LogP contribution in [0.1, 0.15) is 24.4 Å². The second-order valence-corrected chi connectivity index (χ2v) is 6.29. The number of sulfone groups is 1. The van der Waals surface area contributed by atoms with E-state index in [1.54, 1.807) is 24.3 Å². The monoisotopic (exact) mass is 253 g/mol. The lowest BCUT2D eigenvalue weighted by atomic mass is 9.97. The fourth-order valence-electron chi connectivity index (χ4n) is 2.11. The Morgan fingerprint density at radius 2 is 2.00 bits per heavy atom. The van der Waals surface area contributed by atoms with Crippen LogP contribution in [0.2, 0.25) is 0 Å². The number of ketones is 1. The number of carbonyl (C=O) groups is 1. The fraction of sp³-hybridized carbons (Fsp3) is 0.417. The minimum absolute atomic E-state index is 0.178. The summed E-state index contributed by atoms with van der Waals surface area (Å²) >= 11 is 0. The maximum absolute atomic E-state index is 11.7. The van der Waals surface area contributed by atoms with Gasteiger partial charge >= 0.3 is 0 Å². The van der Waals surface area contributed by atoms with E-state index in [2.05, 4.69) is 5.32 Å². The minimum atomic E-state index is -3.25. The van der Waals surface area contributed by atoms with Crippen molar-refractivity contribution in [2.45, 2.75) is 23.8 Å². The van der Waals surface area contributed by atoms with Crippen molar-refractivity contribution in [3.8, 4) is 0 Å².